The van der Waals surface area contributed by atoms with Crippen molar-refractivity contribution in [3.63, 3.8) is 0 Å². The minimum Gasteiger partial charge on any atom is -0.508 e. The van der Waals surface area contributed by atoms with Crippen LogP contribution in [-0.2, 0) is 13.5 Å². The third kappa shape index (κ3) is 2.24. The zero-order valence-electron chi connectivity index (χ0n) is 13.2. The van der Waals surface area contributed by atoms with Crippen LogP contribution in [0, 0.1) is 5.41 Å². The topological polar surface area (TPSA) is 49.0 Å². The van der Waals surface area contributed by atoms with Crippen LogP contribution >= 0.6 is 0 Å². The van der Waals surface area contributed by atoms with Gasteiger partial charge in [0, 0.05) is 40.8 Å². The van der Waals surface area contributed by atoms with E-state index in [1.807, 2.05) is 12.1 Å². The minimum absolute atomic E-state index is 0.270. The lowest BCUT2D eigenvalue weighted by atomic mass is 9.97. The summed E-state index contributed by atoms with van der Waals surface area (Å²) in [5.74, 6) is 0.656. The molecule has 0 fully saturated rings. The van der Waals surface area contributed by atoms with Crippen molar-refractivity contribution < 1.29 is 5.11 Å². The van der Waals surface area contributed by atoms with Crippen LogP contribution in [0.15, 0.2) is 48.5 Å². The third-order valence-corrected chi connectivity index (χ3v) is 4.99. The number of hydrogen-bond donors (Lipinski definition) is 2. The Morgan fingerprint density at radius 2 is 1.96 bits per heavy atom. The SMILES string of the molecule is Cn1c2c(c3cc(O)ccc31)C(=N)CC2CCc1ccccc1. The predicted octanol–water partition coefficient (Wildman–Crippen LogP) is 4.37. The lowest BCUT2D eigenvalue weighted by Gasteiger charge is -2.13. The Morgan fingerprint density at radius 3 is 2.74 bits per heavy atom. The van der Waals surface area contributed by atoms with Gasteiger partial charge in [0.15, 0.2) is 0 Å². The maximum Gasteiger partial charge on any atom is 0.116 e. The highest BCUT2D eigenvalue weighted by molar-refractivity contribution is 6.13. The zero-order chi connectivity index (χ0) is 16.0. The molecule has 2 aromatic carbocycles. The Morgan fingerprint density at radius 1 is 1.17 bits per heavy atom. The predicted molar refractivity (Wildman–Crippen MR) is 93.5 cm³/mol. The van der Waals surface area contributed by atoms with Crippen molar-refractivity contribution in [1.29, 1.82) is 5.41 Å². The van der Waals surface area contributed by atoms with Crippen LogP contribution in [0.5, 0.6) is 5.75 Å². The normalized spacial score (nSPS) is 16.9. The van der Waals surface area contributed by atoms with Gasteiger partial charge in [0.05, 0.1) is 0 Å². The average molecular weight is 304 g/mol. The molecular formula is C20H20N2O. The third-order valence-electron chi connectivity index (χ3n) is 4.99. The van der Waals surface area contributed by atoms with Crippen LogP contribution in [-0.4, -0.2) is 15.4 Å². The molecule has 23 heavy (non-hydrogen) atoms. The summed E-state index contributed by atoms with van der Waals surface area (Å²) in [6.45, 7) is 0. The van der Waals surface area contributed by atoms with E-state index in [1.165, 1.54) is 11.3 Å². The zero-order valence-corrected chi connectivity index (χ0v) is 13.2. The molecule has 0 amide bonds. The smallest absolute Gasteiger partial charge is 0.116 e. The molecule has 0 radical (unpaired) electrons. The number of benzene rings is 2. The van der Waals surface area contributed by atoms with Gasteiger partial charge in [0.1, 0.15) is 5.75 Å². The molecule has 0 spiro atoms. The maximum atomic E-state index is 9.80. The number of phenolic OH excluding ortho intramolecular Hbond substituents is 1. The van der Waals surface area contributed by atoms with Crippen molar-refractivity contribution in [3.8, 4) is 5.75 Å². The lowest BCUT2D eigenvalue weighted by molar-refractivity contribution is 0.476. The summed E-state index contributed by atoms with van der Waals surface area (Å²) in [7, 11) is 2.08. The molecule has 2 N–H and O–H groups in total. The minimum atomic E-state index is 0.270. The summed E-state index contributed by atoms with van der Waals surface area (Å²) in [6, 6.07) is 16.0. The molecule has 1 atom stereocenters. The summed E-state index contributed by atoms with van der Waals surface area (Å²) >= 11 is 0. The molecular weight excluding hydrogens is 284 g/mol. The molecule has 0 aliphatic heterocycles. The first-order valence-electron chi connectivity index (χ1n) is 8.08. The van der Waals surface area contributed by atoms with Crippen molar-refractivity contribution in [2.45, 2.75) is 25.2 Å². The van der Waals surface area contributed by atoms with Crippen molar-refractivity contribution in [3.05, 3.63) is 65.4 Å². The highest BCUT2D eigenvalue weighted by Gasteiger charge is 2.32. The van der Waals surface area contributed by atoms with Crippen LogP contribution in [0.2, 0.25) is 0 Å². The molecule has 0 bridgehead atoms. The fourth-order valence-electron chi connectivity index (χ4n) is 3.92. The quantitative estimate of drug-likeness (QED) is 0.741. The van der Waals surface area contributed by atoms with Gasteiger partial charge in [0.2, 0.25) is 0 Å². The van der Waals surface area contributed by atoms with Crippen molar-refractivity contribution in [1.82, 2.24) is 4.57 Å². The van der Waals surface area contributed by atoms with Crippen molar-refractivity contribution in [2.75, 3.05) is 0 Å². The average Bonchev–Trinajstić information content (AvgIpc) is 3.03. The second-order valence-electron chi connectivity index (χ2n) is 6.42. The van der Waals surface area contributed by atoms with E-state index in [1.54, 1.807) is 12.1 Å². The van der Waals surface area contributed by atoms with Crippen LogP contribution in [0.25, 0.3) is 10.9 Å². The van der Waals surface area contributed by atoms with Gasteiger partial charge in [-0.15, -0.1) is 0 Å². The number of rotatable bonds is 3. The van der Waals surface area contributed by atoms with Crippen molar-refractivity contribution >= 4 is 16.6 Å². The number of aromatic nitrogens is 1. The van der Waals surface area contributed by atoms with Crippen molar-refractivity contribution in [2.24, 2.45) is 7.05 Å². The summed E-state index contributed by atoms with van der Waals surface area (Å²) in [5, 5.41) is 19.2. The number of aryl methyl sites for hydroxylation is 2. The Bertz CT molecular complexity index is 893. The van der Waals surface area contributed by atoms with Gasteiger partial charge >= 0.3 is 0 Å². The Labute approximate surface area is 135 Å². The molecule has 116 valence electrons. The van der Waals surface area contributed by atoms with Crippen LogP contribution < -0.4 is 0 Å². The Hall–Kier alpha value is -2.55. The number of fused-ring (bicyclic) bond motifs is 3. The van der Waals surface area contributed by atoms with E-state index in [4.69, 9.17) is 5.41 Å². The Kier molecular flexibility index (Phi) is 3.22. The van der Waals surface area contributed by atoms with E-state index in [0.29, 0.717) is 11.6 Å². The highest BCUT2D eigenvalue weighted by atomic mass is 16.3. The number of nitrogens with one attached hydrogen (secondary N) is 1. The number of phenols is 1. The van der Waals surface area contributed by atoms with E-state index in [-0.39, 0.29) is 5.75 Å². The van der Waals surface area contributed by atoms with Gasteiger partial charge < -0.3 is 15.1 Å². The first kappa shape index (κ1) is 14.1. The first-order valence-corrected chi connectivity index (χ1v) is 8.08. The highest BCUT2D eigenvalue weighted by Crippen LogP contribution is 2.42. The molecule has 1 aliphatic rings. The largest absolute Gasteiger partial charge is 0.508 e. The van der Waals surface area contributed by atoms with Gasteiger partial charge in [0.25, 0.3) is 0 Å². The first-order chi connectivity index (χ1) is 11.1. The van der Waals surface area contributed by atoms with Gasteiger partial charge in [-0.25, -0.2) is 0 Å². The summed E-state index contributed by atoms with van der Waals surface area (Å²) < 4.78 is 2.21. The molecule has 3 aromatic rings. The summed E-state index contributed by atoms with van der Waals surface area (Å²) in [6.07, 6.45) is 2.89. The van der Waals surface area contributed by atoms with E-state index >= 15 is 0 Å². The number of hydrogen-bond acceptors (Lipinski definition) is 2. The van der Waals surface area contributed by atoms with E-state index in [0.717, 1.165) is 35.7 Å². The van der Waals surface area contributed by atoms with E-state index < -0.39 is 0 Å². The second-order valence-corrected chi connectivity index (χ2v) is 6.42. The molecule has 1 unspecified atom stereocenters. The maximum absolute atomic E-state index is 9.80. The number of nitrogens with zero attached hydrogens (tertiary/aromatic N) is 1. The van der Waals surface area contributed by atoms with Gasteiger partial charge in [-0.2, -0.15) is 0 Å². The molecule has 3 nitrogen and oxygen atoms in total. The fraction of sp³-hybridized carbons (Fsp3) is 0.250. The monoisotopic (exact) mass is 304 g/mol. The molecule has 1 aliphatic carbocycles. The lowest BCUT2D eigenvalue weighted by Crippen LogP contribution is -2.03. The van der Waals surface area contributed by atoms with Gasteiger partial charge in [-0.05, 0) is 43.0 Å². The fourth-order valence-corrected chi connectivity index (χ4v) is 3.92. The molecule has 1 aromatic heterocycles. The van der Waals surface area contributed by atoms with E-state index in [9.17, 15) is 5.11 Å². The molecule has 0 saturated heterocycles. The van der Waals surface area contributed by atoms with E-state index in [2.05, 4.69) is 35.9 Å². The van der Waals surface area contributed by atoms with Gasteiger partial charge in [-0.1, -0.05) is 30.3 Å². The van der Waals surface area contributed by atoms with Gasteiger partial charge in [-0.3, -0.25) is 0 Å². The summed E-state index contributed by atoms with van der Waals surface area (Å²) in [4.78, 5) is 0. The van der Waals surface area contributed by atoms with Crippen LogP contribution in [0.4, 0.5) is 0 Å². The molecule has 4 rings (SSSR count). The van der Waals surface area contributed by atoms with Crippen LogP contribution in [0.1, 0.15) is 35.6 Å². The second kappa shape index (κ2) is 5.27. The number of aromatic hydroxyl groups is 1. The molecule has 3 heteroatoms. The van der Waals surface area contributed by atoms with Crippen LogP contribution in [0.3, 0.4) is 0 Å². The molecule has 0 saturated carbocycles. The summed E-state index contributed by atoms with van der Waals surface area (Å²) in [5.41, 5.74) is 5.45. The Balaban J connectivity index is 1.72. The molecule has 1 heterocycles. The standard InChI is InChI=1S/C20H20N2O/c1-22-18-10-9-15(23)12-16(18)19-17(21)11-14(20(19)22)8-7-13-5-3-2-4-6-13/h2-6,9-10,12,14,21,23H,7-8,11H2,1H3.